The van der Waals surface area contributed by atoms with E-state index in [1.54, 1.807) is 12.4 Å². The van der Waals surface area contributed by atoms with Gasteiger partial charge >= 0.3 is 6.03 Å². The number of carbonyl (C=O) groups excluding carboxylic acids is 1. The number of nitrogens with zero attached hydrogens (tertiary/aromatic N) is 4. The maximum absolute atomic E-state index is 12.3. The monoisotopic (exact) mass is 331 g/mol. The molecule has 1 aromatic rings. The lowest BCUT2D eigenvalue weighted by Gasteiger charge is -2.53. The van der Waals surface area contributed by atoms with Gasteiger partial charge in [-0.05, 0) is 37.7 Å². The van der Waals surface area contributed by atoms with E-state index in [2.05, 4.69) is 15.3 Å². The number of carbonyl (C=O) groups is 1. The van der Waals surface area contributed by atoms with Crippen LogP contribution in [0.1, 0.15) is 25.7 Å². The summed E-state index contributed by atoms with van der Waals surface area (Å²) in [6.07, 6.45) is 7.90. The average molecular weight is 331 g/mol. The number of rotatable bonds is 3. The Morgan fingerprint density at radius 3 is 2.67 bits per heavy atom. The highest BCUT2D eigenvalue weighted by Gasteiger charge is 2.49. The van der Waals surface area contributed by atoms with Gasteiger partial charge in [0.15, 0.2) is 0 Å². The number of hydrogen-bond donors (Lipinski definition) is 1. The summed E-state index contributed by atoms with van der Waals surface area (Å²) in [5, 5.41) is 3.27. The first-order valence-electron chi connectivity index (χ1n) is 8.93. The quantitative estimate of drug-likeness (QED) is 0.911. The van der Waals surface area contributed by atoms with E-state index in [0.717, 1.165) is 65.0 Å². The van der Waals surface area contributed by atoms with Crippen molar-refractivity contribution < 1.29 is 9.53 Å². The van der Waals surface area contributed by atoms with Crippen LogP contribution in [0.3, 0.4) is 0 Å². The first-order valence-corrected chi connectivity index (χ1v) is 8.93. The molecule has 130 valence electrons. The third kappa shape index (κ3) is 3.17. The van der Waals surface area contributed by atoms with E-state index in [4.69, 9.17) is 4.74 Å². The molecule has 7 heteroatoms. The molecule has 1 aromatic heterocycles. The van der Waals surface area contributed by atoms with Gasteiger partial charge < -0.3 is 19.9 Å². The number of aromatic nitrogens is 2. The van der Waals surface area contributed by atoms with Crippen LogP contribution < -0.4 is 5.32 Å². The predicted octanol–water partition coefficient (Wildman–Crippen LogP) is 1.59. The maximum atomic E-state index is 12.3. The maximum Gasteiger partial charge on any atom is 0.320 e. The van der Waals surface area contributed by atoms with Gasteiger partial charge in [0.25, 0.3) is 0 Å². The molecule has 0 saturated carbocycles. The molecule has 2 amide bonds. The number of amides is 2. The Bertz CT molecular complexity index is 560. The fourth-order valence-corrected chi connectivity index (χ4v) is 3.85. The number of hydrogen-bond acceptors (Lipinski definition) is 5. The Morgan fingerprint density at radius 2 is 2.00 bits per heavy atom. The molecule has 1 spiro atoms. The summed E-state index contributed by atoms with van der Waals surface area (Å²) in [7, 11) is 0. The summed E-state index contributed by atoms with van der Waals surface area (Å²) >= 11 is 0. The number of nitrogens with one attached hydrogen (secondary N) is 1. The largest absolute Gasteiger partial charge is 0.371 e. The number of likely N-dealkylation sites (tertiary alicyclic amines) is 2. The molecule has 1 atom stereocenters. The van der Waals surface area contributed by atoms with Crippen molar-refractivity contribution >= 4 is 12.0 Å². The highest BCUT2D eigenvalue weighted by atomic mass is 16.5. The van der Waals surface area contributed by atoms with E-state index in [9.17, 15) is 4.79 Å². The van der Waals surface area contributed by atoms with Crippen LogP contribution in [0.25, 0.3) is 0 Å². The third-order valence-corrected chi connectivity index (χ3v) is 5.35. The van der Waals surface area contributed by atoms with Crippen LogP contribution in [0, 0.1) is 5.92 Å². The number of urea groups is 1. The van der Waals surface area contributed by atoms with Crippen molar-refractivity contribution in [2.75, 3.05) is 44.6 Å². The second-order valence-corrected chi connectivity index (χ2v) is 7.18. The van der Waals surface area contributed by atoms with Crippen molar-refractivity contribution in [3.05, 3.63) is 18.5 Å². The molecule has 3 saturated heterocycles. The van der Waals surface area contributed by atoms with Gasteiger partial charge in [0.1, 0.15) is 5.60 Å². The fourth-order valence-electron chi connectivity index (χ4n) is 3.85. The van der Waals surface area contributed by atoms with Gasteiger partial charge in [-0.1, -0.05) is 0 Å². The molecule has 3 aliphatic heterocycles. The van der Waals surface area contributed by atoms with E-state index in [0.29, 0.717) is 11.9 Å². The van der Waals surface area contributed by atoms with Crippen molar-refractivity contribution in [2.45, 2.75) is 31.3 Å². The van der Waals surface area contributed by atoms with Crippen LogP contribution in [-0.4, -0.2) is 70.7 Å². The minimum Gasteiger partial charge on any atom is -0.371 e. The second kappa shape index (κ2) is 6.55. The fraction of sp³-hybridized carbons (Fsp3) is 0.706. The van der Waals surface area contributed by atoms with Gasteiger partial charge in [-0.3, -0.25) is 0 Å². The second-order valence-electron chi connectivity index (χ2n) is 7.18. The van der Waals surface area contributed by atoms with Crippen LogP contribution in [0.4, 0.5) is 10.7 Å². The summed E-state index contributed by atoms with van der Waals surface area (Å²) in [5.41, 5.74) is -0.0882. The van der Waals surface area contributed by atoms with Crippen LogP contribution >= 0.6 is 0 Å². The van der Waals surface area contributed by atoms with Gasteiger partial charge in [0.2, 0.25) is 5.95 Å². The molecule has 4 rings (SSSR count). The molecule has 3 aliphatic rings. The lowest BCUT2D eigenvalue weighted by molar-refractivity contribution is -0.166. The SMILES string of the molecule is O=C(N1CCCC1)N1CC2(CC[C@@H](CNc3ncccn3)CO2)C1. The molecule has 0 unspecified atom stereocenters. The van der Waals surface area contributed by atoms with E-state index in [1.165, 1.54) is 0 Å². The lowest BCUT2D eigenvalue weighted by atomic mass is 9.83. The Kier molecular flexibility index (Phi) is 4.26. The Labute approximate surface area is 142 Å². The molecule has 3 fully saturated rings. The Balaban J connectivity index is 1.20. The lowest BCUT2D eigenvalue weighted by Crippen LogP contribution is -2.68. The van der Waals surface area contributed by atoms with E-state index in [-0.39, 0.29) is 11.6 Å². The molecule has 7 nitrogen and oxygen atoms in total. The summed E-state index contributed by atoms with van der Waals surface area (Å²) < 4.78 is 6.15. The van der Waals surface area contributed by atoms with E-state index in [1.807, 2.05) is 15.9 Å². The summed E-state index contributed by atoms with van der Waals surface area (Å²) in [4.78, 5) is 24.6. The van der Waals surface area contributed by atoms with Gasteiger partial charge in [0.05, 0.1) is 19.7 Å². The minimum absolute atomic E-state index is 0.0882. The molecule has 24 heavy (non-hydrogen) atoms. The zero-order chi connectivity index (χ0) is 16.4. The zero-order valence-electron chi connectivity index (χ0n) is 14.0. The molecule has 0 bridgehead atoms. The summed E-state index contributed by atoms with van der Waals surface area (Å²) in [5.74, 6) is 1.14. The molecule has 0 aromatic carbocycles. The topological polar surface area (TPSA) is 70.6 Å². The molecule has 4 heterocycles. The van der Waals surface area contributed by atoms with Gasteiger partial charge in [-0.2, -0.15) is 0 Å². The summed E-state index contributed by atoms with van der Waals surface area (Å²) in [6.45, 7) is 4.91. The highest BCUT2D eigenvalue weighted by molar-refractivity contribution is 5.76. The Morgan fingerprint density at radius 1 is 1.25 bits per heavy atom. The highest BCUT2D eigenvalue weighted by Crippen LogP contribution is 2.36. The molecular formula is C17H25N5O2. The van der Waals surface area contributed by atoms with Crippen LogP contribution in [0.2, 0.25) is 0 Å². The van der Waals surface area contributed by atoms with Crippen LogP contribution in [0.15, 0.2) is 18.5 Å². The van der Waals surface area contributed by atoms with Crippen molar-refractivity contribution in [1.29, 1.82) is 0 Å². The number of ether oxygens (including phenoxy) is 1. The van der Waals surface area contributed by atoms with Crippen LogP contribution in [0.5, 0.6) is 0 Å². The van der Waals surface area contributed by atoms with Crippen molar-refractivity contribution in [3.8, 4) is 0 Å². The zero-order valence-corrected chi connectivity index (χ0v) is 14.0. The van der Waals surface area contributed by atoms with Gasteiger partial charge in [0, 0.05) is 32.0 Å². The third-order valence-electron chi connectivity index (χ3n) is 5.35. The standard InChI is InChI=1S/C17H25N5O2/c23-16(21-8-1-2-9-21)22-12-17(13-22)5-4-14(11-24-17)10-20-15-18-6-3-7-19-15/h3,6-7,14H,1-2,4-5,8-13H2,(H,18,19,20)/t14-/m0/s1. The van der Waals surface area contributed by atoms with Crippen LogP contribution in [-0.2, 0) is 4.74 Å². The molecule has 0 aliphatic carbocycles. The van der Waals surface area contributed by atoms with E-state index >= 15 is 0 Å². The smallest absolute Gasteiger partial charge is 0.320 e. The van der Waals surface area contributed by atoms with E-state index < -0.39 is 0 Å². The molecular weight excluding hydrogens is 306 g/mol. The predicted molar refractivity (Wildman–Crippen MR) is 89.7 cm³/mol. The Hall–Kier alpha value is -1.89. The number of anilines is 1. The van der Waals surface area contributed by atoms with Gasteiger partial charge in [-0.25, -0.2) is 14.8 Å². The first kappa shape index (κ1) is 15.6. The molecule has 1 N–H and O–H groups in total. The first-order chi connectivity index (χ1) is 11.7. The average Bonchev–Trinajstić information content (AvgIpc) is 3.13. The van der Waals surface area contributed by atoms with Crippen molar-refractivity contribution in [2.24, 2.45) is 5.92 Å². The van der Waals surface area contributed by atoms with Gasteiger partial charge in [-0.15, -0.1) is 0 Å². The van der Waals surface area contributed by atoms with Crippen molar-refractivity contribution in [1.82, 2.24) is 19.8 Å². The normalized spacial score (nSPS) is 25.6. The minimum atomic E-state index is -0.0882. The molecule has 0 radical (unpaired) electrons. The van der Waals surface area contributed by atoms with Crippen molar-refractivity contribution in [3.63, 3.8) is 0 Å². The summed E-state index contributed by atoms with van der Waals surface area (Å²) in [6, 6.07) is 2.01.